The van der Waals surface area contributed by atoms with Gasteiger partial charge in [0.15, 0.2) is 0 Å². The van der Waals surface area contributed by atoms with Crippen molar-refractivity contribution in [1.29, 1.82) is 0 Å². The molecule has 26 heavy (non-hydrogen) atoms. The summed E-state index contributed by atoms with van der Waals surface area (Å²) in [6.45, 7) is 3.04. The molecular formula is C20H24N4O2. The number of nitrogens with one attached hydrogen (secondary N) is 1. The van der Waals surface area contributed by atoms with Gasteiger partial charge in [0.1, 0.15) is 17.6 Å². The molecule has 3 unspecified atom stereocenters. The van der Waals surface area contributed by atoms with E-state index in [1.165, 1.54) is 5.56 Å². The first kappa shape index (κ1) is 15.9. The van der Waals surface area contributed by atoms with Crippen molar-refractivity contribution in [3.8, 4) is 5.75 Å². The monoisotopic (exact) mass is 352 g/mol. The summed E-state index contributed by atoms with van der Waals surface area (Å²) in [4.78, 5) is 20.0. The molecule has 3 atom stereocenters. The van der Waals surface area contributed by atoms with E-state index in [2.05, 4.69) is 27.3 Å². The molecule has 3 aliphatic rings. The van der Waals surface area contributed by atoms with Crippen molar-refractivity contribution in [1.82, 2.24) is 19.8 Å². The summed E-state index contributed by atoms with van der Waals surface area (Å²) in [5.41, 5.74) is 1.19. The highest BCUT2D eigenvalue weighted by atomic mass is 16.5. The standard InChI is InChI=1S/C20H24N4O2/c1-23-9-8-22-18(23)16-13-21-7-10-24(16)19(25)15-12-20(15)6-11-26-17-5-3-2-4-14(17)20/h2-5,8-9,15-16,21H,6-7,10-13H2,1H3. The van der Waals surface area contributed by atoms with Crippen molar-refractivity contribution in [3.63, 3.8) is 0 Å². The Hall–Kier alpha value is -2.34. The van der Waals surface area contributed by atoms with E-state index < -0.39 is 0 Å². The van der Waals surface area contributed by atoms with Gasteiger partial charge in [0.25, 0.3) is 0 Å². The molecule has 6 heteroatoms. The Bertz CT molecular complexity index is 848. The number of carbonyl (C=O) groups is 1. The molecule has 1 saturated heterocycles. The lowest BCUT2D eigenvalue weighted by molar-refractivity contribution is -0.136. The van der Waals surface area contributed by atoms with Crippen LogP contribution in [0.5, 0.6) is 5.75 Å². The van der Waals surface area contributed by atoms with Crippen LogP contribution in [-0.2, 0) is 17.3 Å². The Morgan fingerprint density at radius 2 is 2.27 bits per heavy atom. The molecule has 1 saturated carbocycles. The van der Waals surface area contributed by atoms with Crippen LogP contribution >= 0.6 is 0 Å². The predicted octanol–water partition coefficient (Wildman–Crippen LogP) is 1.63. The molecule has 5 rings (SSSR count). The van der Waals surface area contributed by atoms with Crippen LogP contribution in [0.1, 0.15) is 30.3 Å². The highest BCUT2D eigenvalue weighted by Crippen LogP contribution is 2.61. The Labute approximate surface area is 153 Å². The zero-order chi connectivity index (χ0) is 17.7. The first-order chi connectivity index (χ1) is 12.7. The molecular weight excluding hydrogens is 328 g/mol. The zero-order valence-corrected chi connectivity index (χ0v) is 15.0. The highest BCUT2D eigenvalue weighted by Gasteiger charge is 2.62. The minimum atomic E-state index is -0.0248. The van der Waals surface area contributed by atoms with Gasteiger partial charge in [-0.3, -0.25) is 4.79 Å². The largest absolute Gasteiger partial charge is 0.493 e. The topological polar surface area (TPSA) is 59.4 Å². The molecule has 6 nitrogen and oxygen atoms in total. The minimum Gasteiger partial charge on any atom is -0.493 e. The second-order valence-corrected chi connectivity index (χ2v) is 7.66. The molecule has 1 spiro atoms. The van der Waals surface area contributed by atoms with Gasteiger partial charge in [-0.25, -0.2) is 4.98 Å². The summed E-state index contributed by atoms with van der Waals surface area (Å²) in [6.07, 6.45) is 5.61. The summed E-state index contributed by atoms with van der Waals surface area (Å²) in [5, 5.41) is 3.41. The molecule has 1 aliphatic carbocycles. The van der Waals surface area contributed by atoms with Gasteiger partial charge in [-0.2, -0.15) is 0 Å². The summed E-state index contributed by atoms with van der Waals surface area (Å²) in [7, 11) is 1.99. The number of ether oxygens (including phenoxy) is 1. The minimum absolute atomic E-state index is 0.00369. The summed E-state index contributed by atoms with van der Waals surface area (Å²) in [5.74, 6) is 2.24. The van der Waals surface area contributed by atoms with Crippen LogP contribution < -0.4 is 10.1 Å². The second-order valence-electron chi connectivity index (χ2n) is 7.66. The van der Waals surface area contributed by atoms with Gasteiger partial charge in [-0.05, 0) is 18.9 Å². The zero-order valence-electron chi connectivity index (χ0n) is 15.0. The molecule has 0 bridgehead atoms. The smallest absolute Gasteiger partial charge is 0.227 e. The van der Waals surface area contributed by atoms with Gasteiger partial charge in [0.05, 0.1) is 6.61 Å². The van der Waals surface area contributed by atoms with E-state index in [1.807, 2.05) is 29.9 Å². The second kappa shape index (κ2) is 5.84. The molecule has 0 radical (unpaired) electrons. The first-order valence-corrected chi connectivity index (χ1v) is 9.41. The normalized spacial score (nSPS) is 30.0. The number of nitrogens with zero attached hydrogens (tertiary/aromatic N) is 3. The number of carbonyl (C=O) groups excluding carboxylic acids is 1. The van der Waals surface area contributed by atoms with Crippen molar-refractivity contribution in [2.75, 3.05) is 26.2 Å². The molecule has 2 aromatic rings. The lowest BCUT2D eigenvalue weighted by Gasteiger charge is -2.37. The summed E-state index contributed by atoms with van der Waals surface area (Å²) < 4.78 is 7.84. The fourth-order valence-electron chi connectivity index (χ4n) is 4.78. The number of fused-ring (bicyclic) bond motifs is 2. The van der Waals surface area contributed by atoms with E-state index in [-0.39, 0.29) is 23.3 Å². The number of piperazine rings is 1. The predicted molar refractivity (Wildman–Crippen MR) is 96.9 cm³/mol. The maximum absolute atomic E-state index is 13.5. The average molecular weight is 352 g/mol. The van der Waals surface area contributed by atoms with Crippen LogP contribution in [-0.4, -0.2) is 46.6 Å². The number of aryl methyl sites for hydroxylation is 1. The SMILES string of the molecule is Cn1ccnc1C1CNCCN1C(=O)C1CC12CCOc1ccccc12. The number of hydrogen-bond donors (Lipinski definition) is 1. The number of hydrogen-bond acceptors (Lipinski definition) is 4. The fraction of sp³-hybridized carbons (Fsp3) is 0.500. The lowest BCUT2D eigenvalue weighted by Crippen LogP contribution is -2.50. The molecule has 1 N–H and O–H groups in total. The van der Waals surface area contributed by atoms with Crippen molar-refractivity contribution in [2.45, 2.75) is 24.3 Å². The summed E-state index contributed by atoms with van der Waals surface area (Å²) >= 11 is 0. The van der Waals surface area contributed by atoms with E-state index in [9.17, 15) is 4.79 Å². The Morgan fingerprint density at radius 1 is 1.38 bits per heavy atom. The third-order valence-electron chi connectivity index (χ3n) is 6.29. The molecule has 2 fully saturated rings. The van der Waals surface area contributed by atoms with E-state index in [4.69, 9.17) is 4.74 Å². The molecule has 1 aromatic heterocycles. The molecule has 136 valence electrons. The van der Waals surface area contributed by atoms with Gasteiger partial charge in [0.2, 0.25) is 5.91 Å². The average Bonchev–Trinajstić information content (AvgIpc) is 3.23. The van der Waals surface area contributed by atoms with Gasteiger partial charge in [0, 0.05) is 56.0 Å². The lowest BCUT2D eigenvalue weighted by atomic mass is 9.87. The Morgan fingerprint density at radius 3 is 3.12 bits per heavy atom. The number of benzene rings is 1. The van der Waals surface area contributed by atoms with Crippen LogP contribution in [0.15, 0.2) is 36.7 Å². The number of para-hydroxylation sites is 1. The third kappa shape index (κ3) is 2.28. The molecule has 3 heterocycles. The van der Waals surface area contributed by atoms with Crippen LogP contribution in [0.3, 0.4) is 0 Å². The van der Waals surface area contributed by atoms with Crippen LogP contribution in [0.25, 0.3) is 0 Å². The quantitative estimate of drug-likeness (QED) is 0.893. The Balaban J connectivity index is 1.43. The number of rotatable bonds is 2. The van der Waals surface area contributed by atoms with Gasteiger partial charge in [-0.1, -0.05) is 18.2 Å². The van der Waals surface area contributed by atoms with E-state index >= 15 is 0 Å². The molecule has 1 amide bonds. The van der Waals surface area contributed by atoms with E-state index in [0.717, 1.165) is 44.0 Å². The third-order valence-corrected chi connectivity index (χ3v) is 6.29. The van der Waals surface area contributed by atoms with E-state index in [1.54, 1.807) is 6.20 Å². The number of amides is 1. The molecule has 2 aliphatic heterocycles. The molecule has 1 aromatic carbocycles. The van der Waals surface area contributed by atoms with Crippen LogP contribution in [0.2, 0.25) is 0 Å². The maximum atomic E-state index is 13.5. The van der Waals surface area contributed by atoms with E-state index in [0.29, 0.717) is 6.61 Å². The Kier molecular flexibility index (Phi) is 3.57. The van der Waals surface area contributed by atoms with Crippen molar-refractivity contribution < 1.29 is 9.53 Å². The highest BCUT2D eigenvalue weighted by molar-refractivity contribution is 5.85. The van der Waals surface area contributed by atoms with Crippen molar-refractivity contribution >= 4 is 5.91 Å². The maximum Gasteiger partial charge on any atom is 0.227 e. The first-order valence-electron chi connectivity index (χ1n) is 9.41. The van der Waals surface area contributed by atoms with Gasteiger partial charge < -0.3 is 19.5 Å². The number of imidazole rings is 1. The van der Waals surface area contributed by atoms with Crippen molar-refractivity contribution in [3.05, 3.63) is 48.0 Å². The summed E-state index contributed by atoms with van der Waals surface area (Å²) in [6, 6.07) is 8.22. The van der Waals surface area contributed by atoms with Gasteiger partial charge in [-0.15, -0.1) is 0 Å². The fourth-order valence-corrected chi connectivity index (χ4v) is 4.78. The van der Waals surface area contributed by atoms with Crippen LogP contribution in [0.4, 0.5) is 0 Å². The van der Waals surface area contributed by atoms with Crippen LogP contribution in [0, 0.1) is 5.92 Å². The number of aromatic nitrogens is 2. The van der Waals surface area contributed by atoms with Crippen molar-refractivity contribution in [2.24, 2.45) is 13.0 Å². The van der Waals surface area contributed by atoms with Gasteiger partial charge >= 0.3 is 0 Å².